The summed E-state index contributed by atoms with van der Waals surface area (Å²) in [6, 6.07) is 31.0. The number of H-pyrrole nitrogens is 2. The number of pyridine rings is 4. The second-order valence-electron chi connectivity index (χ2n) is 25.2. The lowest BCUT2D eigenvalue weighted by atomic mass is 10.0. The van der Waals surface area contributed by atoms with Gasteiger partial charge in [0.1, 0.15) is 41.1 Å². The predicted octanol–water partition coefficient (Wildman–Crippen LogP) is 7.47. The number of sulfone groups is 3. The number of para-hydroxylation sites is 1. The highest BCUT2D eigenvalue weighted by atomic mass is 32.2. The minimum atomic E-state index is -3.86. The minimum Gasteiger partial charge on any atom is -0.496 e. The Labute approximate surface area is 606 Å². The predicted molar refractivity (Wildman–Crippen MR) is 397 cm³/mol. The van der Waals surface area contributed by atoms with Crippen molar-refractivity contribution in [3.05, 3.63) is 228 Å². The van der Waals surface area contributed by atoms with Crippen molar-refractivity contribution in [2.75, 3.05) is 90.9 Å². The molecule has 3 N–H and O–H groups in total. The van der Waals surface area contributed by atoms with Crippen molar-refractivity contribution in [3.63, 3.8) is 0 Å². The van der Waals surface area contributed by atoms with Crippen LogP contribution >= 0.6 is 0 Å². The number of aromatic nitrogens is 10. The Balaban J connectivity index is 0.771. The molecule has 3 atom stereocenters. The van der Waals surface area contributed by atoms with E-state index in [-0.39, 0.29) is 113 Å². The van der Waals surface area contributed by atoms with E-state index in [0.29, 0.717) is 50.6 Å². The maximum absolute atomic E-state index is 16.9. The molecule has 554 valence electrons. The number of rotatable bonds is 31. The fourth-order valence-corrected chi connectivity index (χ4v) is 15.9. The van der Waals surface area contributed by atoms with E-state index in [9.17, 15) is 49.5 Å². The molecule has 0 fully saturated rings. The zero-order valence-corrected chi connectivity index (χ0v) is 61.3. The Morgan fingerprint density at radius 1 is 0.500 bits per heavy atom. The molecule has 0 bridgehead atoms. The molecule has 106 heavy (non-hydrogen) atoms. The zero-order chi connectivity index (χ0) is 75.5. The number of hydrogen-bond acceptors (Lipinski definition) is 21. The maximum atomic E-state index is 16.9. The number of ether oxygens (including phenoxy) is 7. The van der Waals surface area contributed by atoms with Crippen molar-refractivity contribution in [1.82, 2.24) is 47.8 Å². The fourth-order valence-electron chi connectivity index (χ4n) is 13.1. The van der Waals surface area contributed by atoms with Gasteiger partial charge < -0.3 is 48.2 Å². The third-order valence-corrected chi connectivity index (χ3v) is 20.7. The van der Waals surface area contributed by atoms with Crippen molar-refractivity contribution in [2.45, 2.75) is 44.4 Å². The summed E-state index contributed by atoms with van der Waals surface area (Å²) < 4.78 is 143. The molecule has 12 aromatic rings. The van der Waals surface area contributed by atoms with Gasteiger partial charge in [-0.25, -0.2) is 59.0 Å². The number of nitrogens with one attached hydrogen (secondary N) is 2. The SMILES string of the molecule is CCOc1cc([C@H](CS(C)(=O)=O)n2c(=O)n(CCO)c3cc(-c4cccc(CCOc5cc([C@H](CS(C)(=O)=O)n6c(=O)[nH]c7cc(-n8cccc(CCOc9cc([C@H](CS(C)(=O)=O)n%10c(=O)[nH]c%11cc(-c%12ccccc%12OC)cnc%11%10)ccc9OC)c8=O)cnc76)ccc5OC)c4F)cnc32)ccc1OC. The van der Waals surface area contributed by atoms with Gasteiger partial charge in [0.05, 0.1) is 125 Å². The van der Waals surface area contributed by atoms with E-state index in [0.717, 1.165) is 24.3 Å². The Hall–Kier alpha value is -11.4. The van der Waals surface area contributed by atoms with Crippen molar-refractivity contribution in [1.29, 1.82) is 0 Å². The van der Waals surface area contributed by atoms with Crippen molar-refractivity contribution in [2.24, 2.45) is 0 Å². The van der Waals surface area contributed by atoms with E-state index in [2.05, 4.69) is 24.9 Å². The van der Waals surface area contributed by atoms with Crippen LogP contribution in [0.1, 0.15) is 52.9 Å². The van der Waals surface area contributed by atoms with Crippen LogP contribution in [-0.4, -0.2) is 169 Å². The summed E-state index contributed by atoms with van der Waals surface area (Å²) in [7, 11) is -5.51. The number of hydrogen-bond donors (Lipinski definition) is 3. The van der Waals surface area contributed by atoms with Crippen LogP contribution in [0.4, 0.5) is 4.39 Å². The lowest BCUT2D eigenvalue weighted by Crippen LogP contribution is -2.32. The maximum Gasteiger partial charge on any atom is 0.331 e. The first kappa shape index (κ1) is 74.4. The van der Waals surface area contributed by atoms with Crippen LogP contribution in [0.3, 0.4) is 0 Å². The number of aliphatic hydroxyl groups excluding tert-OH is 1. The van der Waals surface area contributed by atoms with Gasteiger partial charge in [0.15, 0.2) is 51.4 Å². The highest BCUT2D eigenvalue weighted by Crippen LogP contribution is 2.39. The first-order chi connectivity index (χ1) is 50.7. The number of imidazole rings is 3. The van der Waals surface area contributed by atoms with Crippen LogP contribution in [0.5, 0.6) is 40.2 Å². The molecule has 5 aromatic carbocycles. The second kappa shape index (κ2) is 30.8. The van der Waals surface area contributed by atoms with E-state index in [4.69, 9.17) is 33.2 Å². The van der Waals surface area contributed by atoms with Gasteiger partial charge in [0, 0.05) is 78.0 Å². The highest BCUT2D eigenvalue weighted by molar-refractivity contribution is 7.91. The monoisotopic (exact) mass is 1510 g/mol. The van der Waals surface area contributed by atoms with Gasteiger partial charge in [-0.05, 0) is 95.9 Å². The first-order valence-electron chi connectivity index (χ1n) is 33.2. The molecule has 0 saturated carbocycles. The largest absolute Gasteiger partial charge is 0.496 e. The zero-order valence-electron chi connectivity index (χ0n) is 58.8. The van der Waals surface area contributed by atoms with Crippen LogP contribution in [0.2, 0.25) is 0 Å². The average molecular weight is 1510 g/mol. The number of halogens is 1. The topological polar surface area (TPSA) is 350 Å². The Bertz CT molecular complexity index is 5970. The fraction of sp³-hybridized carbons (Fsp3) is 0.284. The average Bonchev–Trinajstić information content (AvgIpc) is 1.58. The van der Waals surface area contributed by atoms with E-state index >= 15 is 4.39 Å². The standard InChI is InChI=1S/C74H75FN10O18S3/c1-9-101-64-34-48(21-22-61(64)98-3)59(43-106(8,95)96)85-70-56(82(28-29-86)74(85)90)33-50(39-77-70)53-17-12-14-44(67(53)75)25-30-102-65-35-47(20-23-62(65)99-4)58(42-105(7,93)94)84-69-55(80-73(84)89)37-51(40-78-69)81-27-13-15-45(71(81)87)26-31-103-66-36-46(19-24-63(66)100-5)57(41-104(6,91)92)83-68-54(79-72(83)88)32-49(38-76-68)52-16-10-11-18-60(52)97-2/h10-24,27,32-40,57-59,86H,9,25-26,28-31,41-43H2,1-8H3,(H,79,88)(H,80,89)/t57-,58-,59-/m0/s1. The van der Waals surface area contributed by atoms with Crippen LogP contribution in [0, 0.1) is 5.82 Å². The van der Waals surface area contributed by atoms with E-state index in [1.807, 2.05) is 18.2 Å². The molecule has 0 aliphatic rings. The lowest BCUT2D eigenvalue weighted by molar-refractivity contribution is 0.275. The number of fused-ring (bicyclic) bond motifs is 3. The molecule has 0 aliphatic carbocycles. The van der Waals surface area contributed by atoms with Gasteiger partial charge in [-0.1, -0.05) is 60.7 Å². The second-order valence-corrected chi connectivity index (χ2v) is 31.8. The summed E-state index contributed by atoms with van der Waals surface area (Å²) in [6.45, 7) is 1.17. The molecule has 32 heteroatoms. The highest BCUT2D eigenvalue weighted by Gasteiger charge is 2.31. The lowest BCUT2D eigenvalue weighted by Gasteiger charge is -2.20. The molecule has 12 rings (SSSR count). The number of methoxy groups -OCH3 is 4. The van der Waals surface area contributed by atoms with Crippen LogP contribution in [0.25, 0.3) is 61.4 Å². The Kier molecular flexibility index (Phi) is 21.6. The number of nitrogens with zero attached hydrogens (tertiary/aromatic N) is 8. The van der Waals surface area contributed by atoms with Crippen LogP contribution in [0.15, 0.2) is 171 Å². The molecule has 0 amide bonds. The summed E-state index contributed by atoms with van der Waals surface area (Å²) in [5.74, 6) is -0.0621. The molecular formula is C74H75FN10O18S3. The first-order valence-corrected chi connectivity index (χ1v) is 39.4. The summed E-state index contributed by atoms with van der Waals surface area (Å²) >= 11 is 0. The molecule has 7 heterocycles. The van der Waals surface area contributed by atoms with Crippen LogP contribution < -0.4 is 55.8 Å². The van der Waals surface area contributed by atoms with E-state index in [1.54, 1.807) is 111 Å². The molecule has 0 unspecified atom stereocenters. The van der Waals surface area contributed by atoms with Gasteiger partial charge in [-0.15, -0.1) is 0 Å². The number of aromatic amines is 2. The Morgan fingerprint density at radius 2 is 0.972 bits per heavy atom. The summed E-state index contributed by atoms with van der Waals surface area (Å²) in [6.07, 6.45) is 9.02. The third kappa shape index (κ3) is 15.7. The summed E-state index contributed by atoms with van der Waals surface area (Å²) in [4.78, 5) is 76.3. The summed E-state index contributed by atoms with van der Waals surface area (Å²) in [5, 5.41) is 10.2. The summed E-state index contributed by atoms with van der Waals surface area (Å²) in [5.41, 5.74) is 2.23. The van der Waals surface area contributed by atoms with Gasteiger partial charge in [0.25, 0.3) is 5.56 Å². The normalized spacial score (nSPS) is 12.9. The molecule has 0 aliphatic heterocycles. The molecular weight excluding hydrogens is 1430 g/mol. The third-order valence-electron chi connectivity index (χ3n) is 17.9. The minimum absolute atomic E-state index is 0.0135. The molecule has 28 nitrogen and oxygen atoms in total. The Morgan fingerprint density at radius 3 is 1.50 bits per heavy atom. The van der Waals surface area contributed by atoms with Crippen molar-refractivity contribution >= 4 is 63.0 Å². The molecule has 0 radical (unpaired) electrons. The molecule has 0 spiro atoms. The number of aliphatic hydroxyl groups is 1. The van der Waals surface area contributed by atoms with Gasteiger partial charge in [0.2, 0.25) is 0 Å². The number of benzene rings is 5. The van der Waals surface area contributed by atoms with Gasteiger partial charge in [-0.2, -0.15) is 0 Å². The smallest absolute Gasteiger partial charge is 0.331 e. The van der Waals surface area contributed by atoms with Gasteiger partial charge >= 0.3 is 17.1 Å². The van der Waals surface area contributed by atoms with Crippen LogP contribution in [-0.2, 0) is 48.9 Å². The van der Waals surface area contributed by atoms with Crippen molar-refractivity contribution in [3.8, 4) is 68.2 Å². The van der Waals surface area contributed by atoms with Gasteiger partial charge in [-0.3, -0.25) is 27.6 Å². The van der Waals surface area contributed by atoms with Crippen molar-refractivity contribution < 1.29 is 67.9 Å². The molecule has 0 saturated heterocycles. The quantitative estimate of drug-likeness (QED) is 0.0379. The molecule has 7 aromatic heterocycles. The van der Waals surface area contributed by atoms with E-state index in [1.165, 1.54) is 81.0 Å². The van der Waals surface area contributed by atoms with E-state index < -0.39 is 99.9 Å².